The van der Waals surface area contributed by atoms with Crippen molar-refractivity contribution >= 4 is 11.7 Å². The van der Waals surface area contributed by atoms with Gasteiger partial charge in [0.15, 0.2) is 7.05 Å². The van der Waals surface area contributed by atoms with Gasteiger partial charge < -0.3 is 14.2 Å². The van der Waals surface area contributed by atoms with Crippen molar-refractivity contribution in [1.29, 1.82) is 0 Å². The molecule has 0 saturated carbocycles. The highest BCUT2D eigenvalue weighted by molar-refractivity contribution is 5.73. The van der Waals surface area contributed by atoms with Gasteiger partial charge in [0.05, 0.1) is 18.9 Å². The summed E-state index contributed by atoms with van der Waals surface area (Å²) < 4.78 is 21.7. The number of nitrogens with zero attached hydrogens (tertiary/aromatic N) is 3. The first kappa shape index (κ1) is 24.9. The van der Waals surface area contributed by atoms with Gasteiger partial charge in [-0.1, -0.05) is 45.5 Å². The molecule has 0 N–H and O–H groups in total. The van der Waals surface area contributed by atoms with Crippen LogP contribution in [0.1, 0.15) is 0 Å². The van der Waals surface area contributed by atoms with Crippen molar-refractivity contribution in [2.45, 2.75) is 0 Å². The van der Waals surface area contributed by atoms with E-state index >= 15 is 0 Å². The largest absolute Gasteiger partial charge is 0.497 e. The molecular formula is C34H27N3O3+2. The number of aromatic nitrogens is 1. The van der Waals surface area contributed by atoms with Gasteiger partial charge in [-0.05, 0) is 65.7 Å². The van der Waals surface area contributed by atoms with Gasteiger partial charge in [0.2, 0.25) is 11.9 Å². The average molecular weight is 526 g/mol. The molecule has 4 aromatic carbocycles. The average Bonchev–Trinajstić information content (AvgIpc) is 3.44. The van der Waals surface area contributed by atoms with Gasteiger partial charge in [-0.15, -0.1) is 0 Å². The topological polar surface area (TPSA) is 46.6 Å². The predicted molar refractivity (Wildman–Crippen MR) is 155 cm³/mol. The summed E-state index contributed by atoms with van der Waals surface area (Å²) >= 11 is 0. The minimum Gasteiger partial charge on any atom is -0.497 e. The number of methoxy groups -OCH3 is 1. The molecule has 0 saturated heterocycles. The molecule has 0 bridgehead atoms. The van der Waals surface area contributed by atoms with E-state index in [-0.39, 0.29) is 0 Å². The van der Waals surface area contributed by atoms with E-state index in [9.17, 15) is 0 Å². The van der Waals surface area contributed by atoms with Gasteiger partial charge in [0, 0.05) is 23.9 Å². The molecular weight excluding hydrogens is 498 g/mol. The SMILES string of the molecule is COc1cc(Oc2ccccc2)cc(-c2ccnc(-c3cccc(Oc4cccc([N+]5=C=[N+](C)C=C5)c4)c3)c2)c1. The minimum atomic E-state index is 0.697. The van der Waals surface area contributed by atoms with Crippen LogP contribution in [-0.4, -0.2) is 34.3 Å². The summed E-state index contributed by atoms with van der Waals surface area (Å²) in [5, 5.41) is 0. The Hall–Kier alpha value is -5.45. The van der Waals surface area contributed by atoms with Crippen LogP contribution in [0, 0.1) is 0 Å². The molecule has 6 rings (SSSR count). The zero-order valence-electron chi connectivity index (χ0n) is 22.2. The molecule has 6 heteroatoms. The first-order valence-corrected chi connectivity index (χ1v) is 12.9. The molecule has 194 valence electrons. The molecule has 2 heterocycles. The molecule has 0 spiro atoms. The van der Waals surface area contributed by atoms with E-state index in [2.05, 4.69) is 17.1 Å². The van der Waals surface area contributed by atoms with Gasteiger partial charge in [0.1, 0.15) is 28.7 Å². The quantitative estimate of drug-likeness (QED) is 0.193. The molecule has 6 nitrogen and oxygen atoms in total. The molecule has 1 aliphatic heterocycles. The van der Waals surface area contributed by atoms with Crippen LogP contribution in [0.25, 0.3) is 22.4 Å². The van der Waals surface area contributed by atoms with Gasteiger partial charge in [-0.25, -0.2) is 0 Å². The third kappa shape index (κ3) is 5.68. The third-order valence-corrected chi connectivity index (χ3v) is 6.35. The third-order valence-electron chi connectivity index (χ3n) is 6.35. The smallest absolute Gasteiger partial charge is 0.495 e. The Balaban J connectivity index is 1.27. The van der Waals surface area contributed by atoms with E-state index in [1.807, 2.05) is 138 Å². The lowest BCUT2D eigenvalue weighted by Crippen LogP contribution is -1.94. The number of hydrogen-bond donors (Lipinski definition) is 0. The summed E-state index contributed by atoms with van der Waals surface area (Å²) in [5.41, 5.74) is 4.72. The Morgan fingerprint density at radius 3 is 2.12 bits per heavy atom. The lowest BCUT2D eigenvalue weighted by molar-refractivity contribution is -0.429. The number of pyridine rings is 1. The maximum Gasteiger partial charge on any atom is 0.495 e. The maximum atomic E-state index is 6.23. The minimum absolute atomic E-state index is 0.697. The molecule has 0 unspecified atom stereocenters. The van der Waals surface area contributed by atoms with E-state index in [1.165, 1.54) is 0 Å². The fourth-order valence-corrected chi connectivity index (χ4v) is 4.41. The Morgan fingerprint density at radius 1 is 0.600 bits per heavy atom. The number of para-hydroxylation sites is 1. The lowest BCUT2D eigenvalue weighted by atomic mass is 10.0. The molecule has 0 fully saturated rings. The summed E-state index contributed by atoms with van der Waals surface area (Å²) in [7, 11) is 3.60. The summed E-state index contributed by atoms with van der Waals surface area (Å²) in [6, 6.07) is 38.7. The molecule has 0 aliphatic carbocycles. The molecule has 1 aliphatic rings. The van der Waals surface area contributed by atoms with Crippen LogP contribution in [-0.2, 0) is 0 Å². The molecule has 0 atom stereocenters. The fraction of sp³-hybridized carbons (Fsp3) is 0.0588. The number of hydrogen-bond acceptors (Lipinski definition) is 4. The predicted octanol–water partition coefficient (Wildman–Crippen LogP) is 7.95. The van der Waals surface area contributed by atoms with Crippen LogP contribution in [0.5, 0.6) is 28.7 Å². The van der Waals surface area contributed by atoms with Crippen molar-refractivity contribution in [3.63, 3.8) is 0 Å². The van der Waals surface area contributed by atoms with Gasteiger partial charge in [-0.3, -0.25) is 4.98 Å². The second-order valence-electron chi connectivity index (χ2n) is 9.25. The van der Waals surface area contributed by atoms with E-state index in [0.717, 1.165) is 45.3 Å². The Labute approximate surface area is 233 Å². The number of benzene rings is 4. The van der Waals surface area contributed by atoms with Crippen LogP contribution >= 0.6 is 0 Å². The monoisotopic (exact) mass is 525 g/mol. The second kappa shape index (κ2) is 11.1. The Morgan fingerprint density at radius 2 is 1.32 bits per heavy atom. The standard InChI is InChI=1S/C34H27N3O3/c1-36-16-17-37(24-36)28-9-7-13-31(22-28)40-30-12-6-8-26(18-30)34-21-25(14-15-35-34)27-19-32(38-2)23-33(20-27)39-29-10-4-3-5-11-29/h3-23H,1-2H3/q+2. The zero-order chi connectivity index (χ0) is 27.3. The summed E-state index contributed by atoms with van der Waals surface area (Å²) in [6.07, 6.45) is 5.71. The van der Waals surface area contributed by atoms with Crippen LogP contribution in [0.3, 0.4) is 0 Å². The summed E-state index contributed by atoms with van der Waals surface area (Å²) in [5.74, 6) is 3.64. The molecule has 1 aromatic heterocycles. The van der Waals surface area contributed by atoms with Gasteiger partial charge >= 0.3 is 6.01 Å². The first-order valence-electron chi connectivity index (χ1n) is 12.9. The maximum absolute atomic E-state index is 6.23. The Kier molecular flexibility index (Phi) is 6.91. The van der Waals surface area contributed by atoms with E-state index in [4.69, 9.17) is 14.2 Å². The van der Waals surface area contributed by atoms with Gasteiger partial charge in [-0.2, -0.15) is 0 Å². The number of ether oxygens (including phenoxy) is 3. The van der Waals surface area contributed by atoms with Gasteiger partial charge in [0.25, 0.3) is 6.20 Å². The van der Waals surface area contributed by atoms with Crippen molar-refractivity contribution in [1.82, 2.24) is 4.98 Å². The zero-order valence-corrected chi connectivity index (χ0v) is 22.2. The van der Waals surface area contributed by atoms with Crippen molar-refractivity contribution in [2.24, 2.45) is 0 Å². The summed E-state index contributed by atoms with van der Waals surface area (Å²) in [4.78, 5) is 4.64. The molecule has 40 heavy (non-hydrogen) atoms. The number of rotatable bonds is 8. The Bertz CT molecular complexity index is 1790. The van der Waals surface area contributed by atoms with Crippen molar-refractivity contribution in [3.05, 3.63) is 128 Å². The molecule has 0 amide bonds. The van der Waals surface area contributed by atoms with E-state index in [0.29, 0.717) is 11.5 Å². The van der Waals surface area contributed by atoms with Crippen LogP contribution in [0.4, 0.5) is 5.69 Å². The molecule has 5 aromatic rings. The molecule has 0 radical (unpaired) electrons. The van der Waals surface area contributed by atoms with E-state index in [1.54, 1.807) is 7.11 Å². The van der Waals surface area contributed by atoms with Crippen LogP contribution in [0.15, 0.2) is 128 Å². The van der Waals surface area contributed by atoms with Crippen molar-refractivity contribution in [3.8, 4) is 51.1 Å². The van der Waals surface area contributed by atoms with Crippen LogP contribution < -0.4 is 14.2 Å². The van der Waals surface area contributed by atoms with Crippen molar-refractivity contribution < 1.29 is 23.4 Å². The summed E-state index contributed by atoms with van der Waals surface area (Å²) in [6.45, 7) is 0. The highest BCUT2D eigenvalue weighted by Gasteiger charge is 2.17. The normalized spacial score (nSPS) is 12.1. The highest BCUT2D eigenvalue weighted by atomic mass is 16.5. The fourth-order valence-electron chi connectivity index (χ4n) is 4.41. The highest BCUT2D eigenvalue weighted by Crippen LogP contribution is 2.34. The second-order valence-corrected chi connectivity index (χ2v) is 9.25. The lowest BCUT2D eigenvalue weighted by Gasteiger charge is -2.12. The van der Waals surface area contributed by atoms with E-state index < -0.39 is 0 Å². The van der Waals surface area contributed by atoms with Crippen molar-refractivity contribution in [2.75, 3.05) is 14.2 Å². The van der Waals surface area contributed by atoms with Crippen LogP contribution in [0.2, 0.25) is 0 Å². The first-order chi connectivity index (χ1) is 19.6.